The standard InChI is InChI=1S/C28H29N5O.CH5NO/c34-19-23-5-3-22(4-6-23)18-33-11-7-25-14-26(16-30-27(25)33)32-12-8-28(9-13-32)20-31(21-28)17-24-2-1-10-29-15-24;1-2-3/h1-7,10-11,14-16,19H,8-9,12-13,17-18,20-21H2;2-3H,1H3. The molecule has 5 heterocycles. The minimum atomic E-state index is 0.485. The van der Waals surface area contributed by atoms with Gasteiger partial charge in [-0.15, -0.1) is 0 Å². The number of hydroxylamine groups is 1. The number of pyridine rings is 2. The summed E-state index contributed by atoms with van der Waals surface area (Å²) >= 11 is 0. The van der Waals surface area contributed by atoms with E-state index in [9.17, 15) is 4.79 Å². The van der Waals surface area contributed by atoms with E-state index in [2.05, 4.69) is 43.7 Å². The van der Waals surface area contributed by atoms with Crippen LogP contribution in [-0.2, 0) is 13.1 Å². The van der Waals surface area contributed by atoms with Gasteiger partial charge in [0.2, 0.25) is 0 Å². The number of carbonyl (C=O) groups excluding carboxylic acids is 1. The molecule has 4 aromatic rings. The van der Waals surface area contributed by atoms with Gasteiger partial charge in [-0.2, -0.15) is 0 Å². The lowest BCUT2D eigenvalue weighted by Crippen LogP contribution is -2.59. The van der Waals surface area contributed by atoms with Crippen molar-refractivity contribution < 1.29 is 10.0 Å². The number of hydrogen-bond donors (Lipinski definition) is 2. The van der Waals surface area contributed by atoms with Crippen LogP contribution in [0.3, 0.4) is 0 Å². The van der Waals surface area contributed by atoms with Crippen LogP contribution in [0.25, 0.3) is 11.0 Å². The minimum Gasteiger partial charge on any atom is -0.370 e. The van der Waals surface area contributed by atoms with Gasteiger partial charge in [-0.05, 0) is 47.6 Å². The zero-order valence-electron chi connectivity index (χ0n) is 21.3. The summed E-state index contributed by atoms with van der Waals surface area (Å²) in [6.45, 7) is 6.34. The summed E-state index contributed by atoms with van der Waals surface area (Å²) in [5.41, 5.74) is 7.63. The first-order chi connectivity index (χ1) is 18.1. The number of rotatable bonds is 6. The molecule has 37 heavy (non-hydrogen) atoms. The molecule has 0 atom stereocenters. The molecular formula is C29H34N6O2. The molecule has 0 unspecified atom stereocenters. The normalized spacial score (nSPS) is 16.8. The SMILES string of the molecule is CNO.O=Cc1ccc(Cn2ccc3cc(N4CCC5(CC4)CN(Cc4cccnc4)C5)cnc32)cc1. The van der Waals surface area contributed by atoms with E-state index in [0.717, 1.165) is 43.7 Å². The second-order valence-electron chi connectivity index (χ2n) is 10.1. The fraction of sp³-hybridized carbons (Fsp3) is 0.345. The van der Waals surface area contributed by atoms with Crippen LogP contribution in [0.4, 0.5) is 5.69 Å². The number of likely N-dealkylation sites (tertiary alicyclic amines) is 1. The van der Waals surface area contributed by atoms with E-state index < -0.39 is 0 Å². The summed E-state index contributed by atoms with van der Waals surface area (Å²) in [4.78, 5) is 25.0. The first-order valence-electron chi connectivity index (χ1n) is 12.8. The van der Waals surface area contributed by atoms with Gasteiger partial charge in [-0.1, -0.05) is 30.3 Å². The maximum absolute atomic E-state index is 10.9. The summed E-state index contributed by atoms with van der Waals surface area (Å²) < 4.78 is 2.17. The average Bonchev–Trinajstić information content (AvgIpc) is 3.31. The molecule has 2 saturated heterocycles. The fourth-order valence-corrected chi connectivity index (χ4v) is 5.58. The van der Waals surface area contributed by atoms with Crippen molar-refractivity contribution in [2.75, 3.05) is 38.1 Å². The summed E-state index contributed by atoms with van der Waals surface area (Å²) in [7, 11) is 1.43. The Balaban J connectivity index is 0.000000892. The highest BCUT2D eigenvalue weighted by Gasteiger charge is 2.44. The van der Waals surface area contributed by atoms with Gasteiger partial charge in [-0.25, -0.2) is 10.5 Å². The lowest BCUT2D eigenvalue weighted by molar-refractivity contribution is -0.0240. The highest BCUT2D eigenvalue weighted by Crippen LogP contribution is 2.42. The Labute approximate surface area is 217 Å². The van der Waals surface area contributed by atoms with E-state index in [1.807, 2.05) is 48.9 Å². The minimum absolute atomic E-state index is 0.485. The Bertz CT molecular complexity index is 1310. The van der Waals surface area contributed by atoms with Gasteiger partial charge < -0.3 is 14.7 Å². The number of carbonyl (C=O) groups is 1. The van der Waals surface area contributed by atoms with E-state index in [1.54, 1.807) is 5.48 Å². The first kappa shape index (κ1) is 25.1. The monoisotopic (exact) mass is 498 g/mol. The number of nitrogens with zero attached hydrogens (tertiary/aromatic N) is 5. The third kappa shape index (κ3) is 5.72. The van der Waals surface area contributed by atoms with Crippen LogP contribution in [0.15, 0.2) is 73.3 Å². The third-order valence-corrected chi connectivity index (χ3v) is 7.49. The molecule has 0 radical (unpaired) electrons. The van der Waals surface area contributed by atoms with Gasteiger partial charge in [0.15, 0.2) is 0 Å². The van der Waals surface area contributed by atoms with E-state index in [1.165, 1.54) is 49.6 Å². The number of fused-ring (bicyclic) bond motifs is 1. The number of benzene rings is 1. The molecule has 1 spiro atoms. The number of piperidine rings is 1. The highest BCUT2D eigenvalue weighted by molar-refractivity contribution is 5.80. The van der Waals surface area contributed by atoms with Gasteiger partial charge in [0.05, 0.1) is 11.9 Å². The summed E-state index contributed by atoms with van der Waals surface area (Å²) in [5, 5.41) is 8.49. The molecule has 1 aromatic carbocycles. The van der Waals surface area contributed by atoms with Crippen molar-refractivity contribution >= 4 is 23.0 Å². The van der Waals surface area contributed by atoms with Crippen LogP contribution in [-0.4, -0.2) is 64.2 Å². The number of aldehydes is 1. The maximum atomic E-state index is 10.9. The molecule has 192 valence electrons. The van der Waals surface area contributed by atoms with Crippen LogP contribution in [0.1, 0.15) is 34.3 Å². The molecule has 0 aliphatic carbocycles. The van der Waals surface area contributed by atoms with Gasteiger partial charge in [-0.3, -0.25) is 14.7 Å². The fourth-order valence-electron chi connectivity index (χ4n) is 5.58. The topological polar surface area (TPSA) is 86.5 Å². The predicted molar refractivity (Wildman–Crippen MR) is 145 cm³/mol. The molecular weight excluding hydrogens is 464 g/mol. The van der Waals surface area contributed by atoms with Crippen molar-refractivity contribution in [2.24, 2.45) is 5.41 Å². The van der Waals surface area contributed by atoms with Crippen molar-refractivity contribution in [1.82, 2.24) is 24.9 Å². The molecule has 2 fully saturated rings. The Morgan fingerprint density at radius 3 is 2.46 bits per heavy atom. The third-order valence-electron chi connectivity index (χ3n) is 7.49. The zero-order valence-corrected chi connectivity index (χ0v) is 21.3. The molecule has 2 N–H and O–H groups in total. The lowest BCUT2D eigenvalue weighted by Gasteiger charge is -2.54. The number of nitrogens with one attached hydrogen (secondary N) is 1. The van der Waals surface area contributed by atoms with Gasteiger partial charge in [0, 0.05) is 75.9 Å². The van der Waals surface area contributed by atoms with Crippen LogP contribution in [0.2, 0.25) is 0 Å². The maximum Gasteiger partial charge on any atom is 0.150 e. The average molecular weight is 499 g/mol. The van der Waals surface area contributed by atoms with E-state index >= 15 is 0 Å². The van der Waals surface area contributed by atoms with Crippen LogP contribution < -0.4 is 10.4 Å². The second-order valence-corrected chi connectivity index (χ2v) is 10.1. The molecule has 0 amide bonds. The summed E-state index contributed by atoms with van der Waals surface area (Å²) in [6, 6.07) is 16.4. The molecule has 2 aliphatic heterocycles. The molecule has 6 rings (SSSR count). The molecule has 8 heteroatoms. The largest absolute Gasteiger partial charge is 0.370 e. The number of aromatic nitrogens is 3. The van der Waals surface area contributed by atoms with Crippen molar-refractivity contribution in [1.29, 1.82) is 0 Å². The predicted octanol–water partition coefficient (Wildman–Crippen LogP) is 3.99. The molecule has 3 aromatic heterocycles. The van der Waals surface area contributed by atoms with Crippen molar-refractivity contribution in [3.05, 3.63) is 90.0 Å². The number of anilines is 1. The van der Waals surface area contributed by atoms with E-state index in [-0.39, 0.29) is 0 Å². The highest BCUT2D eigenvalue weighted by atomic mass is 16.5. The second kappa shape index (κ2) is 11.2. The van der Waals surface area contributed by atoms with Crippen LogP contribution >= 0.6 is 0 Å². The molecule has 0 bridgehead atoms. The smallest absolute Gasteiger partial charge is 0.150 e. The van der Waals surface area contributed by atoms with Gasteiger partial charge >= 0.3 is 0 Å². The Kier molecular flexibility index (Phi) is 7.60. The number of hydrogen-bond acceptors (Lipinski definition) is 7. The van der Waals surface area contributed by atoms with Crippen LogP contribution in [0, 0.1) is 5.41 Å². The first-order valence-corrected chi connectivity index (χ1v) is 12.8. The van der Waals surface area contributed by atoms with E-state index in [0.29, 0.717) is 11.0 Å². The molecule has 2 aliphatic rings. The van der Waals surface area contributed by atoms with Crippen molar-refractivity contribution in [3.63, 3.8) is 0 Å². The quantitative estimate of drug-likeness (QED) is 0.307. The van der Waals surface area contributed by atoms with Gasteiger partial charge in [0.25, 0.3) is 0 Å². The Hall–Kier alpha value is -3.59. The van der Waals surface area contributed by atoms with Gasteiger partial charge in [0.1, 0.15) is 11.9 Å². The van der Waals surface area contributed by atoms with Crippen molar-refractivity contribution in [3.8, 4) is 0 Å². The molecule has 8 nitrogen and oxygen atoms in total. The molecule has 0 saturated carbocycles. The Morgan fingerprint density at radius 2 is 1.78 bits per heavy atom. The summed E-state index contributed by atoms with van der Waals surface area (Å²) in [5.74, 6) is 0. The van der Waals surface area contributed by atoms with E-state index in [4.69, 9.17) is 10.2 Å². The van der Waals surface area contributed by atoms with Crippen LogP contribution in [0.5, 0.6) is 0 Å². The zero-order chi connectivity index (χ0) is 25.7. The van der Waals surface area contributed by atoms with Crippen molar-refractivity contribution in [2.45, 2.75) is 25.9 Å². The Morgan fingerprint density at radius 1 is 1.03 bits per heavy atom. The summed E-state index contributed by atoms with van der Waals surface area (Å²) in [6.07, 6.45) is 11.3. The lowest BCUT2D eigenvalue weighted by atomic mass is 9.72.